The van der Waals surface area contributed by atoms with E-state index in [0.29, 0.717) is 4.71 Å². The van der Waals surface area contributed by atoms with Gasteiger partial charge in [0.1, 0.15) is 0 Å². The van der Waals surface area contributed by atoms with E-state index in [1.165, 1.54) is 76.2 Å². The maximum Gasteiger partial charge on any atom is 0.198 e. The first-order valence-corrected chi connectivity index (χ1v) is 15.8. The van der Waals surface area contributed by atoms with Crippen molar-refractivity contribution in [2.75, 3.05) is 0 Å². The summed E-state index contributed by atoms with van der Waals surface area (Å²) in [7, 11) is 0. The van der Waals surface area contributed by atoms with E-state index in [-0.39, 0.29) is 11.4 Å². The van der Waals surface area contributed by atoms with Gasteiger partial charge >= 0.3 is 0 Å². The second-order valence-electron chi connectivity index (χ2n) is 11.2. The van der Waals surface area contributed by atoms with E-state index in [9.17, 15) is 0 Å². The molecular formula is C36H45FOS. The first-order chi connectivity index (χ1) is 19.1. The average Bonchev–Trinajstić information content (AvgIpc) is 2.96. The number of aryl methyl sites for hydroxylation is 2. The Morgan fingerprint density at radius 2 is 1.15 bits per heavy atom. The van der Waals surface area contributed by atoms with Gasteiger partial charge in [0.25, 0.3) is 0 Å². The molecule has 0 saturated heterocycles. The molecule has 0 spiro atoms. The first-order valence-electron chi connectivity index (χ1n) is 15.4. The van der Waals surface area contributed by atoms with Crippen LogP contribution in [0.15, 0.2) is 59.0 Å². The van der Waals surface area contributed by atoms with Gasteiger partial charge in [-0.1, -0.05) is 133 Å². The smallest absolute Gasteiger partial charge is 0.198 e. The average molecular weight is 545 g/mol. The molecule has 4 aromatic rings. The van der Waals surface area contributed by atoms with Gasteiger partial charge in [0.2, 0.25) is 0 Å². The molecular weight excluding hydrogens is 499 g/mol. The fourth-order valence-corrected chi connectivity index (χ4v) is 5.88. The quantitative estimate of drug-likeness (QED) is 0.0790. The summed E-state index contributed by atoms with van der Waals surface area (Å²) in [4.78, 5) is 0. The molecule has 1 nitrogen and oxygen atoms in total. The van der Waals surface area contributed by atoms with Crippen molar-refractivity contribution < 1.29 is 8.81 Å². The van der Waals surface area contributed by atoms with Gasteiger partial charge < -0.3 is 4.42 Å². The molecule has 0 radical (unpaired) electrons. The van der Waals surface area contributed by atoms with Gasteiger partial charge in [-0.2, -0.15) is 0 Å². The normalized spacial score (nSPS) is 11.6. The van der Waals surface area contributed by atoms with E-state index in [1.54, 1.807) is 0 Å². The molecule has 0 saturated carbocycles. The van der Waals surface area contributed by atoms with Gasteiger partial charge in [-0.15, -0.1) is 0 Å². The molecule has 0 fully saturated rings. The second kappa shape index (κ2) is 15.3. The molecule has 0 unspecified atom stereocenters. The highest BCUT2D eigenvalue weighted by molar-refractivity contribution is 7.71. The van der Waals surface area contributed by atoms with Crippen molar-refractivity contribution in [1.82, 2.24) is 0 Å². The molecule has 0 bridgehead atoms. The SMILES string of the molecule is CCCCCCCCCCc1ccc(-c2ccc3c(c2)c(=S)oc2c(F)c(CCCCCCC)ccc23)cc1. The number of benzene rings is 3. The van der Waals surface area contributed by atoms with Crippen LogP contribution in [0.4, 0.5) is 4.39 Å². The number of halogens is 1. The van der Waals surface area contributed by atoms with Gasteiger partial charge in [-0.25, -0.2) is 4.39 Å². The number of rotatable bonds is 16. The number of unbranched alkanes of at least 4 members (excludes halogenated alkanes) is 11. The molecule has 4 rings (SSSR count). The van der Waals surface area contributed by atoms with Crippen molar-refractivity contribution in [3.05, 3.63) is 76.2 Å². The highest BCUT2D eigenvalue weighted by Gasteiger charge is 2.14. The van der Waals surface area contributed by atoms with Crippen LogP contribution in [0.3, 0.4) is 0 Å². The molecule has 208 valence electrons. The summed E-state index contributed by atoms with van der Waals surface area (Å²) in [6.45, 7) is 4.48. The van der Waals surface area contributed by atoms with Crippen LogP contribution >= 0.6 is 12.2 Å². The summed E-state index contributed by atoms with van der Waals surface area (Å²) in [5, 5.41) is 2.60. The van der Waals surface area contributed by atoms with Crippen LogP contribution in [0.1, 0.15) is 108 Å². The van der Waals surface area contributed by atoms with Crippen molar-refractivity contribution in [1.29, 1.82) is 0 Å². The van der Waals surface area contributed by atoms with Crippen molar-refractivity contribution in [3.63, 3.8) is 0 Å². The van der Waals surface area contributed by atoms with Crippen LogP contribution in [0.5, 0.6) is 0 Å². The lowest BCUT2D eigenvalue weighted by Gasteiger charge is -2.10. The van der Waals surface area contributed by atoms with Gasteiger partial charge in [-0.05, 0) is 71.6 Å². The third kappa shape index (κ3) is 8.01. The Morgan fingerprint density at radius 1 is 0.590 bits per heavy atom. The lowest BCUT2D eigenvalue weighted by Crippen LogP contribution is -1.94. The number of fused-ring (bicyclic) bond motifs is 3. The topological polar surface area (TPSA) is 13.1 Å². The summed E-state index contributed by atoms with van der Waals surface area (Å²) in [6.07, 6.45) is 18.4. The van der Waals surface area contributed by atoms with Crippen molar-refractivity contribution in [2.45, 2.75) is 110 Å². The van der Waals surface area contributed by atoms with Crippen LogP contribution < -0.4 is 0 Å². The van der Waals surface area contributed by atoms with Crippen LogP contribution in [-0.4, -0.2) is 0 Å². The zero-order valence-corrected chi connectivity index (χ0v) is 24.8. The molecule has 0 aliphatic rings. The molecule has 39 heavy (non-hydrogen) atoms. The van der Waals surface area contributed by atoms with Gasteiger partial charge in [0.15, 0.2) is 16.1 Å². The maximum atomic E-state index is 15.4. The van der Waals surface area contributed by atoms with Crippen LogP contribution in [-0.2, 0) is 12.8 Å². The molecule has 1 aromatic heterocycles. The van der Waals surface area contributed by atoms with Crippen molar-refractivity contribution in [2.24, 2.45) is 0 Å². The van der Waals surface area contributed by atoms with Gasteiger partial charge in [-0.3, -0.25) is 0 Å². The third-order valence-corrected chi connectivity index (χ3v) is 8.36. The van der Waals surface area contributed by atoms with Gasteiger partial charge in [0.05, 0.1) is 0 Å². The molecule has 0 aliphatic heterocycles. The van der Waals surface area contributed by atoms with Crippen LogP contribution in [0, 0.1) is 10.5 Å². The Labute approximate surface area is 239 Å². The molecule has 0 N–H and O–H groups in total. The van der Waals surface area contributed by atoms with Crippen molar-refractivity contribution in [3.8, 4) is 11.1 Å². The maximum absolute atomic E-state index is 15.4. The summed E-state index contributed by atoms with van der Waals surface area (Å²) < 4.78 is 21.7. The Kier molecular flexibility index (Phi) is 11.6. The van der Waals surface area contributed by atoms with E-state index < -0.39 is 0 Å². The van der Waals surface area contributed by atoms with Crippen LogP contribution in [0.25, 0.3) is 32.9 Å². The molecule has 0 amide bonds. The standard InChI is InChI=1S/C36H45FOS/c1-3-5-7-9-10-11-13-14-16-27-18-20-28(21-19-27)30-23-24-31-32-25-22-29(17-15-12-8-6-4-2)34(37)35(32)38-36(39)33(31)26-30/h18-26H,3-17H2,1-2H3. The Balaban J connectivity index is 1.42. The molecule has 3 heteroatoms. The summed E-state index contributed by atoms with van der Waals surface area (Å²) >= 11 is 5.62. The molecule has 0 aliphatic carbocycles. The van der Waals surface area contributed by atoms with Gasteiger partial charge in [0, 0.05) is 10.8 Å². The number of hydrogen-bond donors (Lipinski definition) is 0. The fraction of sp³-hybridized carbons (Fsp3) is 0.472. The lowest BCUT2D eigenvalue weighted by atomic mass is 9.97. The van der Waals surface area contributed by atoms with E-state index >= 15 is 4.39 Å². The zero-order chi connectivity index (χ0) is 27.5. The van der Waals surface area contributed by atoms with E-state index in [2.05, 4.69) is 56.3 Å². The lowest BCUT2D eigenvalue weighted by molar-refractivity contribution is 0.535. The Bertz CT molecular complexity index is 1390. The highest BCUT2D eigenvalue weighted by Crippen LogP contribution is 2.33. The Morgan fingerprint density at radius 3 is 1.82 bits per heavy atom. The van der Waals surface area contributed by atoms with E-state index in [1.807, 2.05) is 12.1 Å². The predicted octanol–water partition coefficient (Wildman–Crippen LogP) is 12.3. The zero-order valence-electron chi connectivity index (χ0n) is 24.0. The summed E-state index contributed by atoms with van der Waals surface area (Å²) in [5.41, 5.74) is 4.67. The fourth-order valence-electron chi connectivity index (χ4n) is 5.62. The largest absolute Gasteiger partial charge is 0.441 e. The molecule has 1 heterocycles. The minimum atomic E-state index is -0.257. The minimum absolute atomic E-state index is 0.257. The monoisotopic (exact) mass is 544 g/mol. The summed E-state index contributed by atoms with van der Waals surface area (Å²) in [5.74, 6) is -0.257. The van der Waals surface area contributed by atoms with Crippen molar-refractivity contribution >= 4 is 34.0 Å². The number of hydrogen-bond acceptors (Lipinski definition) is 2. The molecule has 0 atom stereocenters. The Hall–Kier alpha value is -2.52. The minimum Gasteiger partial charge on any atom is -0.441 e. The van der Waals surface area contributed by atoms with E-state index in [0.717, 1.165) is 58.5 Å². The van der Waals surface area contributed by atoms with E-state index in [4.69, 9.17) is 16.6 Å². The van der Waals surface area contributed by atoms with Crippen LogP contribution in [0.2, 0.25) is 0 Å². The second-order valence-corrected chi connectivity index (χ2v) is 11.5. The predicted molar refractivity (Wildman–Crippen MR) is 169 cm³/mol. The molecule has 3 aromatic carbocycles. The summed E-state index contributed by atoms with van der Waals surface area (Å²) in [6, 6.07) is 19.1. The first kappa shape index (κ1) is 29.5. The highest BCUT2D eigenvalue weighted by atomic mass is 32.1. The third-order valence-electron chi connectivity index (χ3n) is 8.06.